The second-order valence-electron chi connectivity index (χ2n) is 6.94. The first-order chi connectivity index (χ1) is 12.4. The molecule has 154 valence electrons. The summed E-state index contributed by atoms with van der Waals surface area (Å²) >= 11 is 0. The molecule has 2 N–H and O–H groups in total. The SMILES string of the molecule is COc1ccc(CCNC(=NCC(=O)N(C)C)NCCCC(C)C)cc1.I. The van der Waals surface area contributed by atoms with Crippen molar-refractivity contribution in [2.75, 3.05) is 40.8 Å². The average Bonchev–Trinajstić information content (AvgIpc) is 2.62. The van der Waals surface area contributed by atoms with Crippen molar-refractivity contribution in [3.8, 4) is 5.75 Å². The third-order valence-corrected chi connectivity index (χ3v) is 3.99. The van der Waals surface area contributed by atoms with Gasteiger partial charge in [-0.15, -0.1) is 24.0 Å². The summed E-state index contributed by atoms with van der Waals surface area (Å²) in [6, 6.07) is 8.04. The highest BCUT2D eigenvalue weighted by Crippen LogP contribution is 2.11. The number of carbonyl (C=O) groups is 1. The number of amides is 1. The Morgan fingerprint density at radius 1 is 1.15 bits per heavy atom. The summed E-state index contributed by atoms with van der Waals surface area (Å²) in [5.41, 5.74) is 1.22. The third-order valence-electron chi connectivity index (χ3n) is 3.99. The van der Waals surface area contributed by atoms with Crippen LogP contribution in [-0.4, -0.2) is 57.6 Å². The Labute approximate surface area is 181 Å². The van der Waals surface area contributed by atoms with Crippen LogP contribution in [0.3, 0.4) is 0 Å². The molecule has 0 spiro atoms. The van der Waals surface area contributed by atoms with Crippen molar-refractivity contribution in [3.05, 3.63) is 29.8 Å². The monoisotopic (exact) mass is 490 g/mol. The van der Waals surface area contributed by atoms with Crippen molar-refractivity contribution in [2.45, 2.75) is 33.1 Å². The molecule has 0 fully saturated rings. The molecule has 6 nitrogen and oxygen atoms in total. The Balaban J connectivity index is 0.00000676. The average molecular weight is 490 g/mol. The van der Waals surface area contributed by atoms with Crippen LogP contribution < -0.4 is 15.4 Å². The minimum atomic E-state index is -0.0107. The van der Waals surface area contributed by atoms with E-state index in [0.29, 0.717) is 11.9 Å². The molecule has 0 atom stereocenters. The molecule has 0 saturated carbocycles. The molecule has 0 aliphatic carbocycles. The smallest absolute Gasteiger partial charge is 0.243 e. The van der Waals surface area contributed by atoms with Crippen LogP contribution in [0.1, 0.15) is 32.3 Å². The molecule has 0 bridgehead atoms. The maximum absolute atomic E-state index is 11.8. The van der Waals surface area contributed by atoms with Gasteiger partial charge in [-0.1, -0.05) is 26.0 Å². The Morgan fingerprint density at radius 2 is 1.78 bits per heavy atom. The number of ether oxygens (including phenoxy) is 1. The van der Waals surface area contributed by atoms with Gasteiger partial charge in [-0.25, -0.2) is 4.99 Å². The standard InChI is InChI=1S/C20H34N4O2.HI/c1-16(2)7-6-13-21-20(23-15-19(25)24(3)4)22-14-12-17-8-10-18(26-5)11-9-17;/h8-11,16H,6-7,12-15H2,1-5H3,(H2,21,22,23);1H. The number of likely N-dealkylation sites (N-methyl/N-ethyl adjacent to an activating group) is 1. The summed E-state index contributed by atoms with van der Waals surface area (Å²) in [5, 5.41) is 6.64. The number of nitrogens with zero attached hydrogens (tertiary/aromatic N) is 2. The zero-order valence-electron chi connectivity index (χ0n) is 17.2. The lowest BCUT2D eigenvalue weighted by molar-refractivity contribution is -0.127. The number of hydrogen-bond acceptors (Lipinski definition) is 3. The largest absolute Gasteiger partial charge is 0.497 e. The molecule has 0 aliphatic rings. The van der Waals surface area contributed by atoms with Gasteiger partial charge in [0.25, 0.3) is 0 Å². The minimum absolute atomic E-state index is 0. The van der Waals surface area contributed by atoms with E-state index in [1.54, 1.807) is 26.1 Å². The van der Waals surface area contributed by atoms with E-state index in [0.717, 1.165) is 31.7 Å². The molecule has 1 aromatic rings. The van der Waals surface area contributed by atoms with Gasteiger partial charge in [0.2, 0.25) is 5.91 Å². The zero-order chi connectivity index (χ0) is 19.4. The van der Waals surface area contributed by atoms with E-state index < -0.39 is 0 Å². The molecular weight excluding hydrogens is 455 g/mol. The summed E-state index contributed by atoms with van der Waals surface area (Å²) in [6.45, 7) is 6.19. The predicted octanol–water partition coefficient (Wildman–Crippen LogP) is 2.92. The molecule has 27 heavy (non-hydrogen) atoms. The van der Waals surface area contributed by atoms with Gasteiger partial charge >= 0.3 is 0 Å². The van der Waals surface area contributed by atoms with Crippen LogP contribution in [0.15, 0.2) is 29.3 Å². The van der Waals surface area contributed by atoms with Crippen molar-refractivity contribution in [1.29, 1.82) is 0 Å². The van der Waals surface area contributed by atoms with Crippen LogP contribution in [0, 0.1) is 5.92 Å². The highest BCUT2D eigenvalue weighted by Gasteiger charge is 2.05. The highest BCUT2D eigenvalue weighted by atomic mass is 127. The first kappa shape index (κ1) is 25.5. The number of halogens is 1. The maximum atomic E-state index is 11.8. The van der Waals surface area contributed by atoms with Crippen molar-refractivity contribution in [2.24, 2.45) is 10.9 Å². The summed E-state index contributed by atoms with van der Waals surface area (Å²) in [6.07, 6.45) is 3.12. The molecule has 1 rings (SSSR count). The zero-order valence-corrected chi connectivity index (χ0v) is 19.6. The van der Waals surface area contributed by atoms with E-state index >= 15 is 0 Å². The Bertz CT molecular complexity index is 560. The predicted molar refractivity (Wildman–Crippen MR) is 123 cm³/mol. The third kappa shape index (κ3) is 11.7. The van der Waals surface area contributed by atoms with Gasteiger partial charge in [-0.3, -0.25) is 4.79 Å². The fraction of sp³-hybridized carbons (Fsp3) is 0.600. The Kier molecular flexibility index (Phi) is 13.7. The lowest BCUT2D eigenvalue weighted by Crippen LogP contribution is -2.40. The van der Waals surface area contributed by atoms with E-state index in [4.69, 9.17) is 4.74 Å². The summed E-state index contributed by atoms with van der Waals surface area (Å²) in [4.78, 5) is 17.7. The van der Waals surface area contributed by atoms with E-state index in [2.05, 4.69) is 41.6 Å². The second-order valence-corrected chi connectivity index (χ2v) is 6.94. The number of rotatable bonds is 10. The van der Waals surface area contributed by atoms with Gasteiger partial charge in [-0.05, 0) is 42.9 Å². The fourth-order valence-corrected chi connectivity index (χ4v) is 2.30. The minimum Gasteiger partial charge on any atom is -0.497 e. The van der Waals surface area contributed by atoms with Gasteiger partial charge < -0.3 is 20.3 Å². The number of carbonyl (C=O) groups excluding carboxylic acids is 1. The van der Waals surface area contributed by atoms with Gasteiger partial charge in [0.05, 0.1) is 7.11 Å². The first-order valence-corrected chi connectivity index (χ1v) is 9.27. The van der Waals surface area contributed by atoms with Crippen molar-refractivity contribution in [3.63, 3.8) is 0 Å². The number of nitrogens with one attached hydrogen (secondary N) is 2. The van der Waals surface area contributed by atoms with Crippen molar-refractivity contribution in [1.82, 2.24) is 15.5 Å². The van der Waals surface area contributed by atoms with Gasteiger partial charge in [0.15, 0.2) is 5.96 Å². The molecule has 7 heteroatoms. The van der Waals surface area contributed by atoms with Crippen molar-refractivity contribution < 1.29 is 9.53 Å². The number of guanidine groups is 1. The summed E-state index contributed by atoms with van der Waals surface area (Å²) in [7, 11) is 5.15. The van der Waals surface area contributed by atoms with E-state index in [1.807, 2.05) is 12.1 Å². The number of hydrogen-bond donors (Lipinski definition) is 2. The summed E-state index contributed by atoms with van der Waals surface area (Å²) in [5.74, 6) is 2.23. The van der Waals surface area contributed by atoms with Crippen LogP contribution in [0.5, 0.6) is 5.75 Å². The second kappa shape index (κ2) is 14.5. The van der Waals surface area contributed by atoms with Crippen LogP contribution in [-0.2, 0) is 11.2 Å². The topological polar surface area (TPSA) is 66.0 Å². The number of benzene rings is 1. The van der Waals surface area contributed by atoms with Crippen LogP contribution in [0.4, 0.5) is 0 Å². The molecule has 0 radical (unpaired) electrons. The fourth-order valence-electron chi connectivity index (χ4n) is 2.30. The highest BCUT2D eigenvalue weighted by molar-refractivity contribution is 14.0. The molecule has 0 unspecified atom stereocenters. The number of methoxy groups -OCH3 is 1. The van der Waals surface area contributed by atoms with Gasteiger partial charge in [0, 0.05) is 27.2 Å². The molecule has 0 heterocycles. The normalized spacial score (nSPS) is 11.0. The van der Waals surface area contributed by atoms with Crippen molar-refractivity contribution >= 4 is 35.8 Å². The van der Waals surface area contributed by atoms with E-state index in [1.165, 1.54) is 12.0 Å². The molecule has 1 amide bonds. The number of aliphatic imine (C=N–C) groups is 1. The summed E-state index contributed by atoms with van der Waals surface area (Å²) < 4.78 is 5.18. The maximum Gasteiger partial charge on any atom is 0.243 e. The quantitative estimate of drug-likeness (QED) is 0.229. The van der Waals surface area contributed by atoms with Crippen LogP contribution in [0.2, 0.25) is 0 Å². The molecule has 0 saturated heterocycles. The first-order valence-electron chi connectivity index (χ1n) is 9.27. The molecule has 0 aliphatic heterocycles. The van der Waals surface area contributed by atoms with Gasteiger partial charge in [-0.2, -0.15) is 0 Å². The molecule has 0 aromatic heterocycles. The Morgan fingerprint density at radius 3 is 2.33 bits per heavy atom. The van der Waals surface area contributed by atoms with Crippen LogP contribution >= 0.6 is 24.0 Å². The Hall–Kier alpha value is -1.51. The molecule has 1 aromatic carbocycles. The van der Waals surface area contributed by atoms with Gasteiger partial charge in [0.1, 0.15) is 12.3 Å². The lowest BCUT2D eigenvalue weighted by Gasteiger charge is -2.14. The van der Waals surface area contributed by atoms with E-state index in [9.17, 15) is 4.79 Å². The van der Waals surface area contributed by atoms with E-state index in [-0.39, 0.29) is 36.4 Å². The lowest BCUT2D eigenvalue weighted by atomic mass is 10.1. The molecular formula is C20H35IN4O2. The van der Waals surface area contributed by atoms with Crippen LogP contribution in [0.25, 0.3) is 0 Å².